The summed E-state index contributed by atoms with van der Waals surface area (Å²) in [4.78, 5) is 23.5. The van der Waals surface area contributed by atoms with E-state index in [1.165, 1.54) is 12.7 Å². The molecule has 0 aliphatic carbocycles. The quantitative estimate of drug-likeness (QED) is 0.259. The van der Waals surface area contributed by atoms with Gasteiger partial charge in [-0.15, -0.1) is 0 Å². The highest BCUT2D eigenvalue weighted by Crippen LogP contribution is 2.38. The second-order valence-corrected chi connectivity index (χ2v) is 13.3. The minimum atomic E-state index is -2.03. The van der Waals surface area contributed by atoms with Crippen LogP contribution in [0, 0.1) is 5.92 Å². The fourth-order valence-electron chi connectivity index (χ4n) is 2.42. The summed E-state index contributed by atoms with van der Waals surface area (Å²) in [6.45, 7) is 12.9. The van der Waals surface area contributed by atoms with E-state index >= 15 is 0 Å². The molecule has 4 nitrogen and oxygen atoms in total. The van der Waals surface area contributed by atoms with Crippen LogP contribution in [0.5, 0.6) is 0 Å². The first-order chi connectivity index (χ1) is 12.5. The van der Waals surface area contributed by atoms with Crippen LogP contribution in [0.2, 0.25) is 18.1 Å². The van der Waals surface area contributed by atoms with E-state index in [0.717, 1.165) is 6.42 Å². The van der Waals surface area contributed by atoms with E-state index in [0.29, 0.717) is 0 Å². The predicted molar refractivity (Wildman–Crippen MR) is 112 cm³/mol. The normalized spacial score (nSPS) is 14.8. The molecule has 1 aromatic rings. The minimum Gasteiger partial charge on any atom is -0.463 e. The first-order valence-electron chi connectivity index (χ1n) is 9.47. The molecule has 0 unspecified atom stereocenters. The van der Waals surface area contributed by atoms with Crippen molar-refractivity contribution in [3.05, 3.63) is 48.0 Å². The lowest BCUT2D eigenvalue weighted by molar-refractivity contribution is -0.152. The molecule has 1 aromatic carbocycles. The van der Waals surface area contributed by atoms with E-state index in [1.54, 1.807) is 0 Å². The third-order valence-electron chi connectivity index (χ3n) is 5.24. The van der Waals surface area contributed by atoms with Gasteiger partial charge in [0.05, 0.1) is 13.2 Å². The molecule has 0 aliphatic heterocycles. The summed E-state index contributed by atoms with van der Waals surface area (Å²) in [6.07, 6.45) is 4.83. The fraction of sp³-hybridized carbons (Fsp3) is 0.545. The summed E-state index contributed by atoms with van der Waals surface area (Å²) < 4.78 is 11.1. The number of Topliss-reactive ketones (excluding diaryl/α,β-unsaturated/α-hetero) is 1. The average molecular weight is 391 g/mol. The zero-order chi connectivity index (χ0) is 20.7. The van der Waals surface area contributed by atoms with Crippen LogP contribution in [0.4, 0.5) is 0 Å². The van der Waals surface area contributed by atoms with Crippen LogP contribution in [-0.4, -0.2) is 33.3 Å². The summed E-state index contributed by atoms with van der Waals surface area (Å²) in [5.74, 6) is -1.41. The number of hydrogen-bond acceptors (Lipinski definition) is 4. The molecule has 0 N–H and O–H groups in total. The largest absolute Gasteiger partial charge is 0.463 e. The van der Waals surface area contributed by atoms with Gasteiger partial charge < -0.3 is 9.16 Å². The van der Waals surface area contributed by atoms with Crippen LogP contribution < -0.4 is 0 Å². The molecule has 0 bridgehead atoms. The highest BCUT2D eigenvalue weighted by atomic mass is 28.4. The highest BCUT2D eigenvalue weighted by molar-refractivity contribution is 6.74. The molecule has 0 aliphatic rings. The maximum atomic E-state index is 12.0. The molecule has 0 radical (unpaired) electrons. The fourth-order valence-corrected chi connectivity index (χ4v) is 3.77. The number of ether oxygens (including phenoxy) is 1. The lowest BCUT2D eigenvalue weighted by Gasteiger charge is -2.40. The van der Waals surface area contributed by atoms with Crippen molar-refractivity contribution >= 4 is 20.1 Å². The molecule has 0 spiro atoms. The Balaban J connectivity index is 2.94. The number of esters is 1. The summed E-state index contributed by atoms with van der Waals surface area (Å²) in [6, 6.07) is 10.2. The van der Waals surface area contributed by atoms with Gasteiger partial charge in [-0.25, -0.2) is 4.79 Å². The number of carbonyl (C=O) groups excluding carboxylic acids is 2. The van der Waals surface area contributed by atoms with Crippen LogP contribution in [0.15, 0.2) is 42.5 Å². The first kappa shape index (κ1) is 23.3. The second kappa shape index (κ2) is 9.99. The molecule has 0 fully saturated rings. The van der Waals surface area contributed by atoms with Gasteiger partial charge in [-0.2, -0.15) is 0 Å². The summed E-state index contributed by atoms with van der Waals surface area (Å²) in [5, 5.41) is 0.0601. The highest BCUT2D eigenvalue weighted by Gasteiger charge is 2.40. The number of rotatable bonds is 9. The van der Waals surface area contributed by atoms with E-state index in [4.69, 9.17) is 4.43 Å². The summed E-state index contributed by atoms with van der Waals surface area (Å²) in [5.41, 5.74) is 1.22. The predicted octanol–water partition coefficient (Wildman–Crippen LogP) is 4.94. The Morgan fingerprint density at radius 1 is 1.15 bits per heavy atom. The number of ketones is 1. The van der Waals surface area contributed by atoms with Crippen molar-refractivity contribution in [3.8, 4) is 0 Å². The third kappa shape index (κ3) is 7.43. The number of benzene rings is 1. The van der Waals surface area contributed by atoms with Crippen LogP contribution in [0.25, 0.3) is 0 Å². The van der Waals surface area contributed by atoms with Crippen molar-refractivity contribution in [2.45, 2.75) is 64.8 Å². The Morgan fingerprint density at radius 2 is 1.74 bits per heavy atom. The van der Waals surface area contributed by atoms with Gasteiger partial charge in [0.15, 0.2) is 8.32 Å². The Kier molecular flexibility index (Phi) is 8.63. The minimum absolute atomic E-state index is 0.0601. The maximum Gasteiger partial charge on any atom is 0.374 e. The molecular weight excluding hydrogens is 356 g/mol. The summed E-state index contributed by atoms with van der Waals surface area (Å²) in [7, 11) is -0.795. The Morgan fingerprint density at radius 3 is 2.26 bits per heavy atom. The summed E-state index contributed by atoms with van der Waals surface area (Å²) >= 11 is 0. The molecule has 0 amide bonds. The van der Waals surface area contributed by atoms with Gasteiger partial charge in [0.2, 0.25) is 5.78 Å². The standard InChI is InChI=1S/C22H34O4Si/c1-17(16-19(23)21(24)25-5)20(26-27(6,7)22(2,3)4)15-11-14-18-12-9-8-10-13-18/h8-13,15,17,20H,14,16H2,1-7H3/b15-11+/t17-,20-/m0/s1. The molecule has 0 aromatic heterocycles. The lowest BCUT2D eigenvalue weighted by Crippen LogP contribution is -2.45. The van der Waals surface area contributed by atoms with Crippen LogP contribution in [0.3, 0.4) is 0 Å². The van der Waals surface area contributed by atoms with E-state index in [9.17, 15) is 9.59 Å². The van der Waals surface area contributed by atoms with Crippen molar-refractivity contribution in [2.24, 2.45) is 5.92 Å². The van der Waals surface area contributed by atoms with Crippen molar-refractivity contribution < 1.29 is 18.8 Å². The van der Waals surface area contributed by atoms with Crippen molar-refractivity contribution in [1.82, 2.24) is 0 Å². The van der Waals surface area contributed by atoms with Crippen molar-refractivity contribution in [3.63, 3.8) is 0 Å². The number of allylic oxidation sites excluding steroid dienone is 1. The smallest absolute Gasteiger partial charge is 0.374 e. The molecule has 2 atom stereocenters. The monoisotopic (exact) mass is 390 g/mol. The van der Waals surface area contributed by atoms with Gasteiger partial charge >= 0.3 is 5.97 Å². The molecule has 5 heteroatoms. The van der Waals surface area contributed by atoms with Gasteiger partial charge in [0, 0.05) is 6.42 Å². The Labute approximate surface area is 165 Å². The lowest BCUT2D eigenvalue weighted by atomic mass is 9.97. The van der Waals surface area contributed by atoms with Gasteiger partial charge in [0.25, 0.3) is 0 Å². The molecule has 1 rings (SSSR count). The second-order valence-electron chi connectivity index (χ2n) is 8.56. The number of hydrogen-bond donors (Lipinski definition) is 0. The maximum absolute atomic E-state index is 12.0. The Bertz CT molecular complexity index is 644. The van der Waals surface area contributed by atoms with E-state index in [-0.39, 0.29) is 23.5 Å². The molecular formula is C22H34O4Si. The van der Waals surface area contributed by atoms with Crippen LogP contribution >= 0.6 is 0 Å². The van der Waals surface area contributed by atoms with Crippen molar-refractivity contribution in [2.75, 3.05) is 7.11 Å². The van der Waals surface area contributed by atoms with E-state index in [2.05, 4.69) is 56.8 Å². The van der Waals surface area contributed by atoms with Gasteiger partial charge in [-0.3, -0.25) is 4.79 Å². The molecule has 0 heterocycles. The van der Waals surface area contributed by atoms with Crippen molar-refractivity contribution in [1.29, 1.82) is 0 Å². The molecule has 0 saturated heterocycles. The topological polar surface area (TPSA) is 52.6 Å². The number of methoxy groups -OCH3 is 1. The average Bonchev–Trinajstić information content (AvgIpc) is 2.59. The van der Waals surface area contributed by atoms with Gasteiger partial charge in [0.1, 0.15) is 0 Å². The van der Waals surface area contributed by atoms with Crippen LogP contribution in [0.1, 0.15) is 39.7 Å². The van der Waals surface area contributed by atoms with Gasteiger partial charge in [-0.1, -0.05) is 70.2 Å². The molecule has 27 heavy (non-hydrogen) atoms. The molecule has 150 valence electrons. The first-order valence-corrected chi connectivity index (χ1v) is 12.4. The zero-order valence-electron chi connectivity index (χ0n) is 17.7. The van der Waals surface area contributed by atoms with E-state index in [1.807, 2.05) is 31.2 Å². The SMILES string of the molecule is COC(=O)C(=O)C[C@H](C)[C@H](/C=C/Cc1ccccc1)O[Si](C)(C)C(C)(C)C. The molecule has 0 saturated carbocycles. The van der Waals surface area contributed by atoms with Gasteiger partial charge in [-0.05, 0) is 36.0 Å². The zero-order valence-corrected chi connectivity index (χ0v) is 18.7. The van der Waals surface area contributed by atoms with E-state index < -0.39 is 20.1 Å². The Hall–Kier alpha value is -1.72. The third-order valence-corrected chi connectivity index (χ3v) is 9.71. The van der Waals surface area contributed by atoms with Crippen LogP contribution in [-0.2, 0) is 25.2 Å². The number of carbonyl (C=O) groups is 2.